The molecule has 1 fully saturated rings. The zero-order valence-electron chi connectivity index (χ0n) is 13.2. The Hall–Kier alpha value is -2.61. The van der Waals surface area contributed by atoms with Gasteiger partial charge in [-0.2, -0.15) is 13.2 Å². The predicted octanol–water partition coefficient (Wildman–Crippen LogP) is 3.32. The molecule has 1 aliphatic rings. The Kier molecular flexibility index (Phi) is 4.89. The molecule has 1 aliphatic heterocycles. The van der Waals surface area contributed by atoms with Gasteiger partial charge < -0.3 is 15.0 Å². The summed E-state index contributed by atoms with van der Waals surface area (Å²) in [4.78, 5) is 18.2. The number of benzene rings is 1. The molecule has 2 aromatic rings. The highest BCUT2D eigenvalue weighted by Crippen LogP contribution is 2.30. The molecule has 5 nitrogen and oxygen atoms in total. The Morgan fingerprint density at radius 3 is 2.40 bits per heavy atom. The maximum absolute atomic E-state index is 12.6. The van der Waals surface area contributed by atoms with Crippen molar-refractivity contribution in [3.8, 4) is 0 Å². The summed E-state index contributed by atoms with van der Waals surface area (Å²) < 4.78 is 43.0. The quantitative estimate of drug-likeness (QED) is 0.922. The van der Waals surface area contributed by atoms with Gasteiger partial charge in [-0.15, -0.1) is 0 Å². The van der Waals surface area contributed by atoms with Crippen molar-refractivity contribution < 1.29 is 22.7 Å². The molecule has 0 spiro atoms. The Bertz CT molecular complexity index is 742. The molecule has 1 aromatic carbocycles. The Morgan fingerprint density at radius 1 is 1.08 bits per heavy atom. The fourth-order valence-corrected chi connectivity index (χ4v) is 2.48. The van der Waals surface area contributed by atoms with Crippen LogP contribution in [0.15, 0.2) is 42.7 Å². The maximum atomic E-state index is 12.6. The van der Waals surface area contributed by atoms with Gasteiger partial charge in [0.1, 0.15) is 0 Å². The van der Waals surface area contributed by atoms with E-state index in [0.29, 0.717) is 43.2 Å². The number of morpholine rings is 1. The minimum absolute atomic E-state index is 0.146. The van der Waals surface area contributed by atoms with Crippen molar-refractivity contribution in [3.05, 3.63) is 53.9 Å². The fraction of sp³-hybridized carbons (Fsp3) is 0.294. The first kappa shape index (κ1) is 17.2. The Morgan fingerprint density at radius 2 is 1.76 bits per heavy atom. The lowest BCUT2D eigenvalue weighted by Crippen LogP contribution is -2.40. The number of rotatable bonds is 3. The molecule has 0 aliphatic carbocycles. The zero-order chi connectivity index (χ0) is 17.9. The third kappa shape index (κ3) is 4.27. The SMILES string of the molecule is O=C(c1cncc(Nc2ccc(C(F)(F)F)cc2)c1)N1CCOCC1. The number of nitrogens with zero attached hydrogens (tertiary/aromatic N) is 2. The van der Waals surface area contributed by atoms with Crippen molar-refractivity contribution >= 4 is 17.3 Å². The van der Waals surface area contributed by atoms with E-state index in [-0.39, 0.29) is 5.91 Å². The average Bonchev–Trinajstić information content (AvgIpc) is 2.62. The molecular formula is C17H16F3N3O2. The van der Waals surface area contributed by atoms with Crippen LogP contribution < -0.4 is 5.32 Å². The van der Waals surface area contributed by atoms with Gasteiger partial charge in [0.25, 0.3) is 5.91 Å². The molecule has 1 N–H and O–H groups in total. The molecule has 1 saturated heterocycles. The number of nitrogens with one attached hydrogen (secondary N) is 1. The van der Waals surface area contributed by atoms with Gasteiger partial charge in [0.15, 0.2) is 0 Å². The zero-order valence-corrected chi connectivity index (χ0v) is 13.2. The van der Waals surface area contributed by atoms with E-state index in [4.69, 9.17) is 4.74 Å². The Labute approximate surface area is 142 Å². The van der Waals surface area contributed by atoms with Crippen molar-refractivity contribution in [3.63, 3.8) is 0 Å². The number of carbonyl (C=O) groups excluding carboxylic acids is 1. The number of halogens is 3. The van der Waals surface area contributed by atoms with Gasteiger partial charge in [0.2, 0.25) is 0 Å². The van der Waals surface area contributed by atoms with Crippen molar-refractivity contribution in [1.82, 2.24) is 9.88 Å². The van der Waals surface area contributed by atoms with Crippen LogP contribution in [0.2, 0.25) is 0 Å². The summed E-state index contributed by atoms with van der Waals surface area (Å²) in [5.41, 5.74) is 0.705. The average molecular weight is 351 g/mol. The van der Waals surface area contributed by atoms with Gasteiger partial charge in [-0.05, 0) is 30.3 Å². The van der Waals surface area contributed by atoms with E-state index in [1.165, 1.54) is 24.5 Å². The minimum Gasteiger partial charge on any atom is -0.378 e. The largest absolute Gasteiger partial charge is 0.416 e. The van der Waals surface area contributed by atoms with Gasteiger partial charge in [-0.25, -0.2) is 0 Å². The van der Waals surface area contributed by atoms with Crippen LogP contribution in [0.25, 0.3) is 0 Å². The monoisotopic (exact) mass is 351 g/mol. The third-order valence-corrected chi connectivity index (χ3v) is 3.78. The number of ether oxygens (including phenoxy) is 1. The smallest absolute Gasteiger partial charge is 0.378 e. The van der Waals surface area contributed by atoms with Crippen LogP contribution in [0.1, 0.15) is 15.9 Å². The predicted molar refractivity (Wildman–Crippen MR) is 85.7 cm³/mol. The van der Waals surface area contributed by atoms with E-state index >= 15 is 0 Å². The highest BCUT2D eigenvalue weighted by atomic mass is 19.4. The normalized spacial score (nSPS) is 15.1. The first-order valence-corrected chi connectivity index (χ1v) is 7.70. The summed E-state index contributed by atoms with van der Waals surface area (Å²) in [6.45, 7) is 2.05. The van der Waals surface area contributed by atoms with Crippen LogP contribution in [0.4, 0.5) is 24.5 Å². The standard InChI is InChI=1S/C17H16F3N3O2/c18-17(19,20)13-1-3-14(4-2-13)22-15-9-12(10-21-11-15)16(24)23-5-7-25-8-6-23/h1-4,9-11,22H,5-8H2. The van der Waals surface area contributed by atoms with Crippen molar-refractivity contribution in [2.24, 2.45) is 0 Å². The van der Waals surface area contributed by atoms with Crippen LogP contribution in [-0.2, 0) is 10.9 Å². The summed E-state index contributed by atoms with van der Waals surface area (Å²) >= 11 is 0. The van der Waals surface area contributed by atoms with Crippen LogP contribution in [0.3, 0.4) is 0 Å². The summed E-state index contributed by atoms with van der Waals surface area (Å²) in [6.07, 6.45) is -1.39. The molecule has 0 atom stereocenters. The van der Waals surface area contributed by atoms with Crippen molar-refractivity contribution in [2.45, 2.75) is 6.18 Å². The molecule has 132 valence electrons. The molecule has 0 saturated carbocycles. The van der Waals surface area contributed by atoms with Crippen LogP contribution >= 0.6 is 0 Å². The van der Waals surface area contributed by atoms with E-state index < -0.39 is 11.7 Å². The van der Waals surface area contributed by atoms with Crippen LogP contribution in [0, 0.1) is 0 Å². The number of hydrogen-bond donors (Lipinski definition) is 1. The number of hydrogen-bond acceptors (Lipinski definition) is 4. The molecule has 2 heterocycles. The van der Waals surface area contributed by atoms with Gasteiger partial charge in [0, 0.05) is 25.0 Å². The number of aromatic nitrogens is 1. The second-order valence-corrected chi connectivity index (χ2v) is 5.57. The number of carbonyl (C=O) groups is 1. The lowest BCUT2D eigenvalue weighted by atomic mass is 10.2. The lowest BCUT2D eigenvalue weighted by molar-refractivity contribution is -0.137. The molecule has 1 aromatic heterocycles. The van der Waals surface area contributed by atoms with E-state index in [1.807, 2.05) is 0 Å². The lowest BCUT2D eigenvalue weighted by Gasteiger charge is -2.26. The molecule has 25 heavy (non-hydrogen) atoms. The second-order valence-electron chi connectivity index (χ2n) is 5.57. The van der Waals surface area contributed by atoms with E-state index in [9.17, 15) is 18.0 Å². The van der Waals surface area contributed by atoms with E-state index in [0.717, 1.165) is 12.1 Å². The molecule has 0 radical (unpaired) electrons. The van der Waals surface area contributed by atoms with Crippen LogP contribution in [0.5, 0.6) is 0 Å². The number of alkyl halides is 3. The molecule has 1 amide bonds. The number of pyridine rings is 1. The second kappa shape index (κ2) is 7.10. The topological polar surface area (TPSA) is 54.5 Å². The molecule has 0 unspecified atom stereocenters. The summed E-state index contributed by atoms with van der Waals surface area (Å²) in [6, 6.07) is 6.29. The molecule has 3 rings (SSSR count). The third-order valence-electron chi connectivity index (χ3n) is 3.78. The number of amides is 1. The summed E-state index contributed by atoms with van der Waals surface area (Å²) in [5.74, 6) is -0.146. The highest BCUT2D eigenvalue weighted by Gasteiger charge is 2.29. The fourth-order valence-electron chi connectivity index (χ4n) is 2.48. The maximum Gasteiger partial charge on any atom is 0.416 e. The van der Waals surface area contributed by atoms with Crippen molar-refractivity contribution in [1.29, 1.82) is 0 Å². The van der Waals surface area contributed by atoms with Crippen LogP contribution in [-0.4, -0.2) is 42.1 Å². The first-order chi connectivity index (χ1) is 11.9. The molecule has 0 bridgehead atoms. The Balaban J connectivity index is 1.72. The van der Waals surface area contributed by atoms with E-state index in [1.54, 1.807) is 11.0 Å². The van der Waals surface area contributed by atoms with Crippen molar-refractivity contribution in [2.75, 3.05) is 31.6 Å². The molecule has 8 heteroatoms. The molecular weight excluding hydrogens is 335 g/mol. The van der Waals surface area contributed by atoms with Gasteiger partial charge in [-0.3, -0.25) is 9.78 Å². The highest BCUT2D eigenvalue weighted by molar-refractivity contribution is 5.95. The summed E-state index contributed by atoms with van der Waals surface area (Å²) in [5, 5.41) is 2.96. The number of anilines is 2. The summed E-state index contributed by atoms with van der Waals surface area (Å²) in [7, 11) is 0. The first-order valence-electron chi connectivity index (χ1n) is 7.70. The van der Waals surface area contributed by atoms with E-state index in [2.05, 4.69) is 10.3 Å². The van der Waals surface area contributed by atoms with Gasteiger partial charge in [0.05, 0.1) is 36.2 Å². The van der Waals surface area contributed by atoms with Gasteiger partial charge in [-0.1, -0.05) is 0 Å². The van der Waals surface area contributed by atoms with Gasteiger partial charge >= 0.3 is 6.18 Å². The minimum atomic E-state index is -4.37.